The Morgan fingerprint density at radius 2 is 0.595 bits per heavy atom. The third-order valence-electron chi connectivity index (χ3n) is 19.2. The average Bonchev–Trinajstić information content (AvgIpc) is 1.61. The topological polar surface area (TPSA) is 49.3 Å². The predicted molar refractivity (Wildman–Crippen MR) is 350 cm³/mol. The summed E-state index contributed by atoms with van der Waals surface area (Å²) in [5.74, 6) is 0. The van der Waals surface area contributed by atoms with Crippen LogP contribution in [-0.2, 0) is 0 Å². The van der Waals surface area contributed by atoms with Crippen LogP contribution in [0.15, 0.2) is 262 Å². The lowest BCUT2D eigenvalue weighted by Gasteiger charge is -2.34. The largest absolute Gasteiger partial charge is 0.456 e. The number of rotatable bonds is 3. The van der Waals surface area contributed by atoms with Gasteiger partial charge in [-0.2, -0.15) is 0 Å². The summed E-state index contributed by atoms with van der Waals surface area (Å²) >= 11 is 0. The molecule has 19 aromatic rings. The van der Waals surface area contributed by atoms with E-state index in [0.717, 1.165) is 99.2 Å². The van der Waals surface area contributed by atoms with E-state index < -0.39 is 0 Å². The zero-order valence-corrected chi connectivity index (χ0v) is 44.9. The molecule has 0 spiro atoms. The summed E-state index contributed by atoms with van der Waals surface area (Å²) in [6.45, 7) is -0.134. The van der Waals surface area contributed by atoms with Crippen LogP contribution < -0.4 is 16.4 Å². The maximum Gasteiger partial charge on any atom is 0.252 e. The summed E-state index contributed by atoms with van der Waals surface area (Å²) in [5.41, 5.74) is 23.2. The molecule has 7 heterocycles. The van der Waals surface area contributed by atoms with Gasteiger partial charge in [0, 0.05) is 76.3 Å². The maximum absolute atomic E-state index is 6.64. The Bertz CT molecular complexity index is 6260. The predicted octanol–water partition coefficient (Wildman–Crippen LogP) is 19.2. The fourth-order valence-electron chi connectivity index (χ4n) is 15.6. The molecule has 14 aromatic carbocycles. The van der Waals surface area contributed by atoms with Gasteiger partial charge in [0.05, 0.1) is 11.0 Å². The zero-order chi connectivity index (χ0) is 54.2. The molecule has 0 aliphatic carbocycles. The van der Waals surface area contributed by atoms with E-state index in [4.69, 9.17) is 13.3 Å². The minimum Gasteiger partial charge on any atom is -0.456 e. The number of fused-ring (bicyclic) bond motifs is 25. The number of para-hydroxylation sites is 3. The first-order chi connectivity index (χ1) is 41.6. The van der Waals surface area contributed by atoms with Gasteiger partial charge in [-0.15, -0.1) is 0 Å². The highest BCUT2D eigenvalue weighted by molar-refractivity contribution is 7.00. The molecule has 0 N–H and O–H groups in total. The highest BCUT2D eigenvalue weighted by Crippen LogP contribution is 2.46. The SMILES string of the molecule is c1cc2c3c(c1)-n1c4cc5c6ccccc6c6ccccc6c5cc4c4cc(-c5ccc6c(c5)oc5ccccc56)cc(c41)B3c1cc(-c3ccc4c(c3)oc3ccccc34)cc3c4cc(-c5ccc6c(c5)oc5ccccc56)ccc4n-2c13. The van der Waals surface area contributed by atoms with Crippen LogP contribution in [0.4, 0.5) is 0 Å². The van der Waals surface area contributed by atoms with Gasteiger partial charge in [-0.05, 0) is 185 Å². The average molecular weight is 1070 g/mol. The van der Waals surface area contributed by atoms with Crippen molar-refractivity contribution in [1.82, 2.24) is 9.13 Å². The molecule has 21 rings (SSSR count). The Kier molecular flexibility index (Phi) is 8.05. The fraction of sp³-hybridized carbons (Fsp3) is 0. The van der Waals surface area contributed by atoms with Crippen LogP contribution in [0.25, 0.3) is 186 Å². The minimum absolute atomic E-state index is 0.134. The smallest absolute Gasteiger partial charge is 0.252 e. The van der Waals surface area contributed by atoms with E-state index in [1.807, 2.05) is 12.1 Å². The molecule has 0 unspecified atom stereocenters. The quantitative estimate of drug-likeness (QED) is 0.131. The summed E-state index contributed by atoms with van der Waals surface area (Å²) in [5, 5.41) is 19.2. The van der Waals surface area contributed by atoms with Crippen LogP contribution in [-0.4, -0.2) is 15.8 Å². The second-order valence-electron chi connectivity index (χ2n) is 23.4. The third kappa shape index (κ3) is 5.55. The number of hydrogen-bond acceptors (Lipinski definition) is 3. The lowest BCUT2D eigenvalue weighted by Crippen LogP contribution is -2.59. The summed E-state index contributed by atoms with van der Waals surface area (Å²) in [6.07, 6.45) is 0. The van der Waals surface area contributed by atoms with Gasteiger partial charge in [0.25, 0.3) is 6.71 Å². The highest BCUT2D eigenvalue weighted by Gasteiger charge is 2.41. The van der Waals surface area contributed by atoms with Crippen molar-refractivity contribution >= 4 is 165 Å². The van der Waals surface area contributed by atoms with Crippen molar-refractivity contribution < 1.29 is 13.3 Å². The monoisotopic (exact) mass is 1060 g/mol. The van der Waals surface area contributed by atoms with Gasteiger partial charge >= 0.3 is 0 Å². The van der Waals surface area contributed by atoms with Crippen LogP contribution in [0.5, 0.6) is 0 Å². The Labute approximate surface area is 478 Å². The first-order valence-corrected chi connectivity index (χ1v) is 29.0. The molecule has 5 aromatic heterocycles. The van der Waals surface area contributed by atoms with E-state index >= 15 is 0 Å². The molecule has 6 heteroatoms. The lowest BCUT2D eigenvalue weighted by molar-refractivity contribution is 0.668. The molecular formula is C78H41BN2O3. The van der Waals surface area contributed by atoms with Crippen molar-refractivity contribution in [1.29, 1.82) is 0 Å². The molecule has 0 saturated heterocycles. The first-order valence-electron chi connectivity index (χ1n) is 29.0. The standard InChI is InChI=1S/C78H41BN2O3/c1-3-14-50-48(12-1)49-13-2-4-15-51(49)59-41-69-61(40-58(50)59)63-34-47(45-26-30-57-54-18-7-10-23-72(54)84-75(57)39-45)36-65-78(63)81(69)68-20-11-19-67-76(68)79(65)64-35-46(44-25-29-56-53-17-6-9-22-71(53)83-74(56)38-44)33-62-60-32-42(27-31-66(60)80(67)77(62)64)43-24-28-55-52-16-5-8-21-70(52)82-73(55)37-43/h1-41H. The van der Waals surface area contributed by atoms with Gasteiger partial charge < -0.3 is 22.4 Å². The number of furan rings is 3. The Balaban J connectivity index is 0.887. The highest BCUT2D eigenvalue weighted by atomic mass is 16.3. The number of nitrogens with zero attached hydrogens (tertiary/aromatic N) is 2. The molecule has 2 aliphatic heterocycles. The van der Waals surface area contributed by atoms with Crippen molar-refractivity contribution in [2.75, 3.05) is 0 Å². The van der Waals surface area contributed by atoms with E-state index in [9.17, 15) is 0 Å². The van der Waals surface area contributed by atoms with Gasteiger partial charge in [-0.1, -0.05) is 146 Å². The van der Waals surface area contributed by atoms with Crippen LogP contribution in [0, 0.1) is 0 Å². The van der Waals surface area contributed by atoms with E-state index in [1.54, 1.807) is 0 Å². The van der Waals surface area contributed by atoms with Gasteiger partial charge in [-0.25, -0.2) is 0 Å². The van der Waals surface area contributed by atoms with Crippen molar-refractivity contribution in [3.63, 3.8) is 0 Å². The Morgan fingerprint density at radius 3 is 1.10 bits per heavy atom. The van der Waals surface area contributed by atoms with Crippen LogP contribution in [0.3, 0.4) is 0 Å². The van der Waals surface area contributed by atoms with E-state index in [2.05, 4.69) is 246 Å². The molecule has 84 heavy (non-hydrogen) atoms. The van der Waals surface area contributed by atoms with Gasteiger partial charge in [0.1, 0.15) is 33.5 Å². The fourth-order valence-corrected chi connectivity index (χ4v) is 15.6. The van der Waals surface area contributed by atoms with Crippen molar-refractivity contribution in [3.8, 4) is 44.8 Å². The van der Waals surface area contributed by atoms with Crippen LogP contribution >= 0.6 is 0 Å². The summed E-state index contributed by atoms with van der Waals surface area (Å²) in [7, 11) is 0. The van der Waals surface area contributed by atoms with Crippen LogP contribution in [0.1, 0.15) is 0 Å². The number of aromatic nitrogens is 2. The summed E-state index contributed by atoms with van der Waals surface area (Å²) in [6, 6.07) is 92.2. The second-order valence-corrected chi connectivity index (χ2v) is 23.4. The molecule has 0 bridgehead atoms. The summed E-state index contributed by atoms with van der Waals surface area (Å²) < 4.78 is 25.0. The molecule has 0 radical (unpaired) electrons. The van der Waals surface area contributed by atoms with Crippen LogP contribution in [0.2, 0.25) is 0 Å². The molecule has 0 atom stereocenters. The van der Waals surface area contributed by atoms with Gasteiger partial charge in [0.15, 0.2) is 0 Å². The summed E-state index contributed by atoms with van der Waals surface area (Å²) in [4.78, 5) is 0. The van der Waals surface area contributed by atoms with E-state index in [1.165, 1.54) is 104 Å². The molecule has 0 amide bonds. The second kappa shape index (κ2) is 15.5. The normalized spacial score (nSPS) is 13.0. The Hall–Kier alpha value is -11.1. The minimum atomic E-state index is -0.134. The Morgan fingerprint density at radius 1 is 0.226 bits per heavy atom. The van der Waals surface area contributed by atoms with Gasteiger partial charge in [-0.3, -0.25) is 0 Å². The number of benzene rings is 14. The van der Waals surface area contributed by atoms with Gasteiger partial charge in [0.2, 0.25) is 0 Å². The zero-order valence-electron chi connectivity index (χ0n) is 44.9. The first kappa shape index (κ1) is 43.7. The lowest BCUT2D eigenvalue weighted by atomic mass is 9.34. The van der Waals surface area contributed by atoms with E-state index in [-0.39, 0.29) is 6.71 Å². The van der Waals surface area contributed by atoms with Crippen molar-refractivity contribution in [2.24, 2.45) is 0 Å². The molecular weight excluding hydrogens is 1020 g/mol. The van der Waals surface area contributed by atoms with E-state index in [0.29, 0.717) is 0 Å². The molecule has 0 fully saturated rings. The third-order valence-corrected chi connectivity index (χ3v) is 19.2. The van der Waals surface area contributed by atoms with Crippen molar-refractivity contribution in [3.05, 3.63) is 249 Å². The molecule has 384 valence electrons. The maximum atomic E-state index is 6.64. The molecule has 5 nitrogen and oxygen atoms in total. The van der Waals surface area contributed by atoms with Crippen molar-refractivity contribution in [2.45, 2.75) is 0 Å². The molecule has 2 aliphatic rings. The number of hydrogen-bond donors (Lipinski definition) is 0. The molecule has 0 saturated carbocycles.